The van der Waals surface area contributed by atoms with E-state index in [2.05, 4.69) is 11.8 Å². The lowest BCUT2D eigenvalue weighted by Gasteiger charge is -2.39. The lowest BCUT2D eigenvalue weighted by atomic mass is 9.95. The highest BCUT2D eigenvalue weighted by Gasteiger charge is 2.25. The first kappa shape index (κ1) is 14.3. The molecule has 0 amide bonds. The largest absolute Gasteiger partial charge is 0.368 e. The van der Waals surface area contributed by atoms with Gasteiger partial charge in [-0.3, -0.25) is 0 Å². The maximum absolute atomic E-state index is 14.1. The Morgan fingerprint density at radius 1 is 1.42 bits per heavy atom. The van der Waals surface area contributed by atoms with Crippen molar-refractivity contribution in [3.8, 4) is 0 Å². The van der Waals surface area contributed by atoms with Crippen LogP contribution in [0.15, 0.2) is 18.2 Å². The van der Waals surface area contributed by atoms with Gasteiger partial charge in [0.25, 0.3) is 0 Å². The quantitative estimate of drug-likeness (QED) is 0.890. The normalized spacial score (nSPS) is 21.5. The molecule has 2 rings (SSSR count). The first-order valence-electron chi connectivity index (χ1n) is 7.45. The summed E-state index contributed by atoms with van der Waals surface area (Å²) in [4.78, 5) is 2.38. The van der Waals surface area contributed by atoms with Crippen molar-refractivity contribution in [3.05, 3.63) is 29.6 Å². The molecule has 1 fully saturated rings. The summed E-state index contributed by atoms with van der Waals surface area (Å²) in [6.45, 7) is 5.10. The first-order chi connectivity index (χ1) is 9.15. The molecule has 3 heteroatoms. The Morgan fingerprint density at radius 3 is 2.89 bits per heavy atom. The highest BCUT2D eigenvalue weighted by atomic mass is 19.1. The zero-order valence-corrected chi connectivity index (χ0v) is 12.0. The number of benzene rings is 1. The summed E-state index contributed by atoms with van der Waals surface area (Å²) >= 11 is 0. The third kappa shape index (κ3) is 3.08. The van der Waals surface area contributed by atoms with Gasteiger partial charge in [0.15, 0.2) is 0 Å². The molecule has 1 saturated heterocycles. The van der Waals surface area contributed by atoms with Gasteiger partial charge in [-0.05, 0) is 44.7 Å². The molecular formula is C16H25FN2. The van der Waals surface area contributed by atoms with Crippen molar-refractivity contribution in [1.82, 2.24) is 0 Å². The van der Waals surface area contributed by atoms with E-state index in [4.69, 9.17) is 5.73 Å². The molecule has 0 bridgehead atoms. The molecule has 0 radical (unpaired) electrons. The summed E-state index contributed by atoms with van der Waals surface area (Å²) in [6, 6.07) is 5.61. The molecule has 0 saturated carbocycles. The molecule has 0 aliphatic carbocycles. The van der Waals surface area contributed by atoms with Crippen molar-refractivity contribution in [2.45, 2.75) is 58.0 Å². The van der Waals surface area contributed by atoms with Crippen molar-refractivity contribution in [2.75, 3.05) is 11.4 Å². The molecule has 2 N–H and O–H groups in total. The summed E-state index contributed by atoms with van der Waals surface area (Å²) < 4.78 is 14.1. The van der Waals surface area contributed by atoms with Crippen LogP contribution in [0.3, 0.4) is 0 Å². The van der Waals surface area contributed by atoms with E-state index in [0.717, 1.165) is 12.2 Å². The molecule has 0 aromatic heterocycles. The predicted molar refractivity (Wildman–Crippen MR) is 78.9 cm³/mol. The Hall–Kier alpha value is -1.09. The third-order valence-corrected chi connectivity index (χ3v) is 4.04. The summed E-state index contributed by atoms with van der Waals surface area (Å²) in [5, 5.41) is 0. The van der Waals surface area contributed by atoms with Crippen LogP contribution in [0.25, 0.3) is 0 Å². The SMILES string of the molecule is CCCC1CCCCN1c1cccc(F)c1[C@@H](C)N. The zero-order valence-electron chi connectivity index (χ0n) is 12.0. The average Bonchev–Trinajstić information content (AvgIpc) is 2.39. The van der Waals surface area contributed by atoms with E-state index in [1.807, 2.05) is 13.0 Å². The summed E-state index contributed by atoms with van der Waals surface area (Å²) in [6.07, 6.45) is 6.03. The van der Waals surface area contributed by atoms with Gasteiger partial charge >= 0.3 is 0 Å². The Kier molecular flexibility index (Phi) is 4.81. The summed E-state index contributed by atoms with van der Waals surface area (Å²) in [5.74, 6) is -0.173. The van der Waals surface area contributed by atoms with Gasteiger partial charge in [-0.2, -0.15) is 0 Å². The number of hydrogen-bond acceptors (Lipinski definition) is 2. The number of rotatable bonds is 4. The van der Waals surface area contributed by atoms with Gasteiger partial charge in [-0.25, -0.2) is 4.39 Å². The summed E-state index contributed by atoms with van der Waals surface area (Å²) in [7, 11) is 0. The van der Waals surface area contributed by atoms with E-state index in [9.17, 15) is 4.39 Å². The highest BCUT2D eigenvalue weighted by molar-refractivity contribution is 5.56. The molecule has 0 spiro atoms. The van der Waals surface area contributed by atoms with E-state index in [-0.39, 0.29) is 11.9 Å². The van der Waals surface area contributed by atoms with Crippen LogP contribution in [0.1, 0.15) is 57.6 Å². The maximum Gasteiger partial charge on any atom is 0.130 e. The fourth-order valence-corrected chi connectivity index (χ4v) is 3.18. The van der Waals surface area contributed by atoms with Crippen molar-refractivity contribution >= 4 is 5.69 Å². The van der Waals surface area contributed by atoms with Crippen LogP contribution in [0.4, 0.5) is 10.1 Å². The lowest BCUT2D eigenvalue weighted by molar-refractivity contribution is 0.432. The fourth-order valence-electron chi connectivity index (χ4n) is 3.18. The molecule has 106 valence electrons. The third-order valence-electron chi connectivity index (χ3n) is 4.04. The van der Waals surface area contributed by atoms with Crippen LogP contribution in [0.2, 0.25) is 0 Å². The number of halogens is 1. The Morgan fingerprint density at radius 2 is 2.21 bits per heavy atom. The van der Waals surface area contributed by atoms with Gasteiger partial charge in [0.05, 0.1) is 0 Å². The number of hydrogen-bond donors (Lipinski definition) is 1. The minimum atomic E-state index is -0.264. The van der Waals surface area contributed by atoms with Gasteiger partial charge < -0.3 is 10.6 Å². The Bertz CT molecular complexity index is 415. The molecule has 2 atom stereocenters. The maximum atomic E-state index is 14.1. The topological polar surface area (TPSA) is 29.3 Å². The van der Waals surface area contributed by atoms with E-state index in [1.165, 1.54) is 38.2 Å². The van der Waals surface area contributed by atoms with E-state index in [0.29, 0.717) is 11.6 Å². The van der Waals surface area contributed by atoms with Crippen LogP contribution in [0, 0.1) is 5.82 Å². The minimum Gasteiger partial charge on any atom is -0.368 e. The van der Waals surface area contributed by atoms with Crippen LogP contribution < -0.4 is 10.6 Å². The van der Waals surface area contributed by atoms with Gasteiger partial charge in [-0.1, -0.05) is 19.4 Å². The van der Waals surface area contributed by atoms with Gasteiger partial charge in [0.1, 0.15) is 5.82 Å². The molecule has 1 aliphatic heterocycles. The number of nitrogens with zero attached hydrogens (tertiary/aromatic N) is 1. The second-order valence-electron chi connectivity index (χ2n) is 5.59. The molecule has 1 unspecified atom stereocenters. The van der Waals surface area contributed by atoms with Gasteiger partial charge in [0, 0.05) is 29.9 Å². The molecular weight excluding hydrogens is 239 g/mol. The average molecular weight is 264 g/mol. The second kappa shape index (κ2) is 6.38. The van der Waals surface area contributed by atoms with Crippen molar-refractivity contribution < 1.29 is 4.39 Å². The highest BCUT2D eigenvalue weighted by Crippen LogP contribution is 2.33. The van der Waals surface area contributed by atoms with Crippen LogP contribution in [-0.2, 0) is 0 Å². The molecule has 1 aromatic carbocycles. The first-order valence-corrected chi connectivity index (χ1v) is 7.45. The smallest absolute Gasteiger partial charge is 0.130 e. The van der Waals surface area contributed by atoms with E-state index in [1.54, 1.807) is 6.07 Å². The molecule has 1 heterocycles. The number of nitrogens with two attached hydrogens (primary N) is 1. The molecule has 1 aliphatic rings. The Balaban J connectivity index is 2.35. The molecule has 2 nitrogen and oxygen atoms in total. The van der Waals surface area contributed by atoms with Crippen LogP contribution >= 0.6 is 0 Å². The van der Waals surface area contributed by atoms with Crippen molar-refractivity contribution in [3.63, 3.8) is 0 Å². The van der Waals surface area contributed by atoms with Gasteiger partial charge in [0.2, 0.25) is 0 Å². The predicted octanol–water partition coefficient (Wildman–Crippen LogP) is 4.00. The molecule has 1 aromatic rings. The number of piperidine rings is 1. The standard InChI is InChI=1S/C16H25FN2/c1-3-7-13-8-4-5-11-19(13)15-10-6-9-14(17)16(15)12(2)18/h6,9-10,12-13H,3-5,7-8,11,18H2,1-2H3/t12-,13?/m1/s1. The number of anilines is 1. The fraction of sp³-hybridized carbons (Fsp3) is 0.625. The monoisotopic (exact) mass is 264 g/mol. The van der Waals surface area contributed by atoms with E-state index >= 15 is 0 Å². The lowest BCUT2D eigenvalue weighted by Crippen LogP contribution is -2.40. The minimum absolute atomic E-state index is 0.173. The van der Waals surface area contributed by atoms with E-state index < -0.39 is 0 Å². The van der Waals surface area contributed by atoms with Crippen molar-refractivity contribution in [2.24, 2.45) is 5.73 Å². The van der Waals surface area contributed by atoms with Crippen molar-refractivity contribution in [1.29, 1.82) is 0 Å². The molecule has 19 heavy (non-hydrogen) atoms. The second-order valence-corrected chi connectivity index (χ2v) is 5.59. The van der Waals surface area contributed by atoms with Crippen LogP contribution in [0.5, 0.6) is 0 Å². The Labute approximate surface area is 115 Å². The summed E-state index contributed by atoms with van der Waals surface area (Å²) in [5.41, 5.74) is 7.65. The van der Waals surface area contributed by atoms with Crippen LogP contribution in [-0.4, -0.2) is 12.6 Å². The zero-order chi connectivity index (χ0) is 13.8. The van der Waals surface area contributed by atoms with Gasteiger partial charge in [-0.15, -0.1) is 0 Å².